The van der Waals surface area contributed by atoms with Crippen molar-refractivity contribution in [2.24, 2.45) is 5.73 Å². The molecule has 0 radical (unpaired) electrons. The molecule has 0 spiro atoms. The van der Waals surface area contributed by atoms with Gasteiger partial charge in [-0.25, -0.2) is 14.5 Å². The Kier molecular flexibility index (Phi) is 6.57. The van der Waals surface area contributed by atoms with Crippen LogP contribution in [0.5, 0.6) is 0 Å². The van der Waals surface area contributed by atoms with Gasteiger partial charge in [0.15, 0.2) is 5.65 Å². The van der Waals surface area contributed by atoms with Crippen molar-refractivity contribution in [3.63, 3.8) is 0 Å². The summed E-state index contributed by atoms with van der Waals surface area (Å²) in [7, 11) is 0. The number of nitrogens with zero attached hydrogens (tertiary/aromatic N) is 4. The van der Waals surface area contributed by atoms with E-state index < -0.39 is 6.03 Å². The van der Waals surface area contributed by atoms with Gasteiger partial charge in [0.05, 0.1) is 35.4 Å². The van der Waals surface area contributed by atoms with E-state index in [1.54, 1.807) is 34.5 Å². The normalized spacial score (nSPS) is 14.2. The van der Waals surface area contributed by atoms with Gasteiger partial charge >= 0.3 is 6.03 Å². The first kappa shape index (κ1) is 23.4. The first-order chi connectivity index (χ1) is 17.5. The summed E-state index contributed by atoms with van der Waals surface area (Å²) in [5.74, 6) is -0.229. The highest BCUT2D eigenvalue weighted by Gasteiger charge is 2.25. The molecule has 4 aromatic rings. The number of urea groups is 1. The third-order valence-electron chi connectivity index (χ3n) is 6.65. The summed E-state index contributed by atoms with van der Waals surface area (Å²) in [6.45, 7) is 4.16. The Balaban J connectivity index is 1.40. The fourth-order valence-corrected chi connectivity index (χ4v) is 4.68. The first-order valence-corrected chi connectivity index (χ1v) is 12.1. The van der Waals surface area contributed by atoms with Crippen LogP contribution < -0.4 is 16.4 Å². The van der Waals surface area contributed by atoms with Gasteiger partial charge in [0, 0.05) is 44.0 Å². The highest BCUT2D eigenvalue weighted by atomic mass is 16.3. The van der Waals surface area contributed by atoms with Gasteiger partial charge in [-0.15, -0.1) is 0 Å². The number of benzene rings is 1. The van der Waals surface area contributed by atoms with Gasteiger partial charge in [0.1, 0.15) is 0 Å². The minimum Gasteiger partial charge on any atom is -0.472 e. The fourth-order valence-electron chi connectivity index (χ4n) is 4.68. The lowest BCUT2D eigenvalue weighted by Crippen LogP contribution is -2.44. The van der Waals surface area contributed by atoms with Crippen LogP contribution in [-0.4, -0.2) is 50.7 Å². The molecule has 10 nitrogen and oxygen atoms in total. The second kappa shape index (κ2) is 10.1. The molecule has 4 heterocycles. The van der Waals surface area contributed by atoms with Gasteiger partial charge in [-0.2, -0.15) is 5.10 Å². The molecule has 186 valence electrons. The van der Waals surface area contributed by atoms with Crippen molar-refractivity contribution in [2.75, 3.05) is 18.4 Å². The lowest BCUT2D eigenvalue weighted by molar-refractivity contribution is 0.0951. The number of amides is 3. The summed E-state index contributed by atoms with van der Waals surface area (Å²) in [6, 6.07) is 9.48. The average Bonchev–Trinajstić information content (AvgIpc) is 3.58. The smallest absolute Gasteiger partial charge is 0.314 e. The van der Waals surface area contributed by atoms with Gasteiger partial charge in [-0.05, 0) is 37.0 Å². The van der Waals surface area contributed by atoms with E-state index in [4.69, 9.17) is 10.2 Å². The highest BCUT2D eigenvalue weighted by molar-refractivity contribution is 6.06. The monoisotopic (exact) mass is 487 g/mol. The number of anilines is 1. The summed E-state index contributed by atoms with van der Waals surface area (Å²) < 4.78 is 7.04. The van der Waals surface area contributed by atoms with Crippen LogP contribution in [0.2, 0.25) is 0 Å². The van der Waals surface area contributed by atoms with E-state index in [2.05, 4.69) is 20.7 Å². The Labute approximate surface area is 208 Å². The van der Waals surface area contributed by atoms with E-state index in [9.17, 15) is 9.59 Å². The molecule has 36 heavy (non-hydrogen) atoms. The predicted octanol–water partition coefficient (Wildman–Crippen LogP) is 3.60. The van der Waals surface area contributed by atoms with Crippen molar-refractivity contribution < 1.29 is 14.0 Å². The van der Waals surface area contributed by atoms with Crippen LogP contribution in [0.4, 0.5) is 10.5 Å². The number of pyridine rings is 1. The zero-order valence-electron chi connectivity index (χ0n) is 20.1. The number of nitrogens with one attached hydrogen (secondary N) is 2. The SMILES string of the molecule is CCn1ncc2c(NC3CCN(C(N)=O)CC3)c(C(=O)NCc3ccccc3-c3ccoc3)cnc21. The Morgan fingerprint density at radius 1 is 1.17 bits per heavy atom. The molecule has 4 N–H and O–H groups in total. The van der Waals surface area contributed by atoms with E-state index in [1.807, 2.05) is 37.3 Å². The van der Waals surface area contributed by atoms with Crippen molar-refractivity contribution in [3.8, 4) is 11.1 Å². The Morgan fingerprint density at radius 3 is 2.69 bits per heavy atom. The second-order valence-electron chi connectivity index (χ2n) is 8.84. The summed E-state index contributed by atoms with van der Waals surface area (Å²) in [5, 5.41) is 11.8. The van der Waals surface area contributed by atoms with Crippen molar-refractivity contribution in [1.29, 1.82) is 0 Å². The first-order valence-electron chi connectivity index (χ1n) is 12.1. The molecular formula is C26H29N7O3. The van der Waals surface area contributed by atoms with Crippen LogP contribution in [0, 0.1) is 0 Å². The highest BCUT2D eigenvalue weighted by Crippen LogP contribution is 2.29. The number of nitrogens with two attached hydrogens (primary N) is 1. The van der Waals surface area contributed by atoms with Gasteiger partial charge < -0.3 is 25.7 Å². The third kappa shape index (κ3) is 4.61. The number of fused-ring (bicyclic) bond motifs is 1. The molecule has 1 fully saturated rings. The number of likely N-dealkylation sites (tertiary alicyclic amines) is 1. The molecule has 1 aliphatic heterocycles. The molecule has 0 atom stereocenters. The van der Waals surface area contributed by atoms with Crippen LogP contribution >= 0.6 is 0 Å². The van der Waals surface area contributed by atoms with Gasteiger partial charge in [-0.1, -0.05) is 24.3 Å². The minimum absolute atomic E-state index is 0.0875. The van der Waals surface area contributed by atoms with Gasteiger partial charge in [-0.3, -0.25) is 4.79 Å². The maximum absolute atomic E-state index is 13.4. The number of aryl methyl sites for hydroxylation is 1. The number of primary amides is 1. The summed E-state index contributed by atoms with van der Waals surface area (Å²) in [5.41, 5.74) is 10.3. The molecule has 1 saturated heterocycles. The van der Waals surface area contributed by atoms with Crippen LogP contribution in [0.25, 0.3) is 22.2 Å². The molecule has 5 rings (SSSR count). The van der Waals surface area contributed by atoms with Crippen LogP contribution in [0.1, 0.15) is 35.7 Å². The van der Waals surface area contributed by atoms with Crippen molar-refractivity contribution in [3.05, 3.63) is 66.4 Å². The second-order valence-corrected chi connectivity index (χ2v) is 8.84. The maximum Gasteiger partial charge on any atom is 0.314 e. The van der Waals surface area contributed by atoms with Crippen molar-refractivity contribution >= 4 is 28.7 Å². The Morgan fingerprint density at radius 2 is 1.97 bits per heavy atom. The maximum atomic E-state index is 13.4. The number of hydrogen-bond donors (Lipinski definition) is 3. The number of hydrogen-bond acceptors (Lipinski definition) is 6. The fraction of sp³-hybridized carbons (Fsp3) is 0.308. The van der Waals surface area contributed by atoms with Crippen LogP contribution in [-0.2, 0) is 13.1 Å². The van der Waals surface area contributed by atoms with E-state index in [-0.39, 0.29) is 11.9 Å². The molecule has 10 heteroatoms. The summed E-state index contributed by atoms with van der Waals surface area (Å²) in [4.78, 5) is 31.1. The minimum atomic E-state index is -0.403. The summed E-state index contributed by atoms with van der Waals surface area (Å²) >= 11 is 0. The number of rotatable bonds is 7. The number of furan rings is 1. The molecule has 3 aromatic heterocycles. The molecule has 3 amide bonds. The average molecular weight is 488 g/mol. The number of carbonyl (C=O) groups is 2. The van der Waals surface area contributed by atoms with E-state index in [0.29, 0.717) is 37.4 Å². The molecule has 1 aliphatic rings. The lowest BCUT2D eigenvalue weighted by Gasteiger charge is -2.32. The predicted molar refractivity (Wildman–Crippen MR) is 136 cm³/mol. The van der Waals surface area contributed by atoms with Gasteiger partial charge in [0.25, 0.3) is 5.91 Å². The lowest BCUT2D eigenvalue weighted by atomic mass is 10.0. The number of piperidine rings is 1. The Bertz CT molecular complexity index is 1370. The molecule has 1 aromatic carbocycles. The topological polar surface area (TPSA) is 131 Å². The Hall–Kier alpha value is -4.34. The quantitative estimate of drug-likeness (QED) is 0.365. The van der Waals surface area contributed by atoms with Crippen molar-refractivity contribution in [1.82, 2.24) is 25.0 Å². The van der Waals surface area contributed by atoms with Gasteiger partial charge in [0.2, 0.25) is 0 Å². The summed E-state index contributed by atoms with van der Waals surface area (Å²) in [6.07, 6.45) is 8.14. The van der Waals surface area contributed by atoms with E-state index in [1.165, 1.54) is 0 Å². The molecular weight excluding hydrogens is 458 g/mol. The largest absolute Gasteiger partial charge is 0.472 e. The number of carbonyl (C=O) groups excluding carboxylic acids is 2. The standard InChI is InChI=1S/C26H29N7O3/c1-2-33-24-21(15-30-33)23(31-19-7-10-32(11-8-19)26(27)35)22(14-28-24)25(34)29-13-17-5-3-4-6-20(17)18-9-12-36-16-18/h3-6,9,12,14-16,19H,2,7-8,10-11,13H2,1H3,(H2,27,35)(H,28,31)(H,29,34). The van der Waals surface area contributed by atoms with Crippen LogP contribution in [0.15, 0.2) is 59.7 Å². The molecule has 0 aliphatic carbocycles. The van der Waals surface area contributed by atoms with E-state index in [0.717, 1.165) is 40.6 Å². The molecule has 0 saturated carbocycles. The molecule has 0 bridgehead atoms. The van der Waals surface area contributed by atoms with Crippen LogP contribution in [0.3, 0.4) is 0 Å². The van der Waals surface area contributed by atoms with Crippen molar-refractivity contribution in [2.45, 2.75) is 38.9 Å². The van der Waals surface area contributed by atoms with E-state index >= 15 is 0 Å². The zero-order chi connectivity index (χ0) is 25.1. The zero-order valence-corrected chi connectivity index (χ0v) is 20.1. The molecule has 0 unspecified atom stereocenters. The third-order valence-corrected chi connectivity index (χ3v) is 6.65. The number of aromatic nitrogens is 3.